The predicted molar refractivity (Wildman–Crippen MR) is 117 cm³/mol. The van der Waals surface area contributed by atoms with Crippen molar-refractivity contribution >= 4 is 23.2 Å². The zero-order valence-electron chi connectivity index (χ0n) is 17.2. The van der Waals surface area contributed by atoms with Crippen LogP contribution >= 0.6 is 0 Å². The van der Waals surface area contributed by atoms with Crippen LogP contribution in [0, 0.1) is 13.8 Å². The first-order chi connectivity index (χ1) is 14.5. The summed E-state index contributed by atoms with van der Waals surface area (Å²) in [5.41, 5.74) is 3.53. The number of methoxy groups -OCH3 is 1. The highest BCUT2D eigenvalue weighted by atomic mass is 16.5. The Morgan fingerprint density at radius 1 is 0.833 bits per heavy atom. The summed E-state index contributed by atoms with van der Waals surface area (Å²) in [6.45, 7) is 3.84. The van der Waals surface area contributed by atoms with Gasteiger partial charge in [-0.2, -0.15) is 0 Å². The first-order valence-electron chi connectivity index (χ1n) is 9.51. The molecule has 0 bridgehead atoms. The van der Waals surface area contributed by atoms with Gasteiger partial charge in [-0.05, 0) is 61.4 Å². The number of para-hydroxylation sites is 3. The Balaban J connectivity index is 1.67. The Morgan fingerprint density at radius 3 is 2.27 bits per heavy atom. The van der Waals surface area contributed by atoms with Crippen molar-refractivity contribution in [1.29, 1.82) is 0 Å². The number of hydrogen-bond acceptors (Lipinski definition) is 4. The lowest BCUT2D eigenvalue weighted by Gasteiger charge is -2.13. The van der Waals surface area contributed by atoms with E-state index in [4.69, 9.17) is 9.47 Å². The van der Waals surface area contributed by atoms with Crippen molar-refractivity contribution in [3.63, 3.8) is 0 Å². The standard InChI is InChI=1S/C24H24N2O4/c1-16-12-13-18(14-17(16)2)30-15-23(27)25-20-9-5-4-8-19(20)24(28)26-21-10-6-7-11-22(21)29-3/h4-14H,15H2,1-3H3,(H,25,27)(H,26,28). The van der Waals surface area contributed by atoms with Gasteiger partial charge in [0, 0.05) is 0 Å². The molecule has 0 atom stereocenters. The molecular formula is C24H24N2O4. The van der Waals surface area contributed by atoms with Crippen LogP contribution in [-0.2, 0) is 4.79 Å². The third-order valence-electron chi connectivity index (χ3n) is 4.65. The van der Waals surface area contributed by atoms with Gasteiger partial charge in [-0.3, -0.25) is 9.59 Å². The fourth-order valence-electron chi connectivity index (χ4n) is 2.87. The highest BCUT2D eigenvalue weighted by Gasteiger charge is 2.15. The molecule has 3 aromatic carbocycles. The Morgan fingerprint density at radius 2 is 1.53 bits per heavy atom. The van der Waals surface area contributed by atoms with Gasteiger partial charge in [-0.15, -0.1) is 0 Å². The highest BCUT2D eigenvalue weighted by molar-refractivity contribution is 6.10. The number of ether oxygens (including phenoxy) is 2. The first kappa shape index (κ1) is 20.9. The van der Waals surface area contributed by atoms with E-state index in [1.165, 1.54) is 7.11 Å². The van der Waals surface area contributed by atoms with Crippen LogP contribution in [0.15, 0.2) is 66.7 Å². The molecule has 0 saturated carbocycles. The summed E-state index contributed by atoms with van der Waals surface area (Å²) in [4.78, 5) is 25.2. The maximum atomic E-state index is 12.8. The molecule has 0 aromatic heterocycles. The topological polar surface area (TPSA) is 76.7 Å². The van der Waals surface area contributed by atoms with Crippen molar-refractivity contribution in [2.45, 2.75) is 13.8 Å². The maximum absolute atomic E-state index is 12.8. The minimum atomic E-state index is -0.356. The van der Waals surface area contributed by atoms with Crippen LogP contribution in [0.25, 0.3) is 0 Å². The number of anilines is 2. The molecule has 154 valence electrons. The van der Waals surface area contributed by atoms with E-state index in [0.717, 1.165) is 11.1 Å². The number of benzene rings is 3. The highest BCUT2D eigenvalue weighted by Crippen LogP contribution is 2.25. The van der Waals surface area contributed by atoms with Crippen molar-refractivity contribution in [3.8, 4) is 11.5 Å². The summed E-state index contributed by atoms with van der Waals surface area (Å²) in [5.74, 6) is 0.459. The zero-order chi connectivity index (χ0) is 21.5. The van der Waals surface area contributed by atoms with E-state index in [2.05, 4.69) is 10.6 Å². The Bertz CT molecular complexity index is 1060. The Hall–Kier alpha value is -3.80. The minimum absolute atomic E-state index is 0.162. The van der Waals surface area contributed by atoms with Gasteiger partial charge < -0.3 is 20.1 Å². The minimum Gasteiger partial charge on any atom is -0.495 e. The number of aryl methyl sites for hydroxylation is 2. The monoisotopic (exact) mass is 404 g/mol. The molecule has 0 heterocycles. The molecule has 3 rings (SSSR count). The summed E-state index contributed by atoms with van der Waals surface area (Å²) < 4.78 is 10.8. The van der Waals surface area contributed by atoms with E-state index < -0.39 is 0 Å². The van der Waals surface area contributed by atoms with Gasteiger partial charge >= 0.3 is 0 Å². The predicted octanol–water partition coefficient (Wildman–Crippen LogP) is 4.58. The van der Waals surface area contributed by atoms with Gasteiger partial charge in [-0.25, -0.2) is 0 Å². The molecule has 3 aromatic rings. The lowest BCUT2D eigenvalue weighted by molar-refractivity contribution is -0.118. The smallest absolute Gasteiger partial charge is 0.262 e. The molecule has 0 unspecified atom stereocenters. The molecule has 0 aliphatic carbocycles. The van der Waals surface area contributed by atoms with E-state index in [1.807, 2.05) is 38.1 Å². The number of rotatable bonds is 7. The number of nitrogens with one attached hydrogen (secondary N) is 2. The van der Waals surface area contributed by atoms with Crippen LogP contribution in [0.4, 0.5) is 11.4 Å². The molecule has 0 fully saturated rings. The van der Waals surface area contributed by atoms with Gasteiger partial charge in [0.2, 0.25) is 0 Å². The molecule has 0 saturated heterocycles. The molecule has 6 heteroatoms. The number of carbonyl (C=O) groups is 2. The van der Waals surface area contributed by atoms with Crippen LogP contribution in [0.5, 0.6) is 11.5 Å². The van der Waals surface area contributed by atoms with Crippen LogP contribution in [0.3, 0.4) is 0 Å². The fourth-order valence-corrected chi connectivity index (χ4v) is 2.87. The SMILES string of the molecule is COc1ccccc1NC(=O)c1ccccc1NC(=O)COc1ccc(C)c(C)c1. The van der Waals surface area contributed by atoms with Crippen molar-refractivity contribution in [2.24, 2.45) is 0 Å². The van der Waals surface area contributed by atoms with Crippen LogP contribution in [0.1, 0.15) is 21.5 Å². The summed E-state index contributed by atoms with van der Waals surface area (Å²) >= 11 is 0. The third-order valence-corrected chi connectivity index (χ3v) is 4.65. The molecule has 0 aliphatic rings. The first-order valence-corrected chi connectivity index (χ1v) is 9.51. The normalized spacial score (nSPS) is 10.2. The second-order valence-electron chi connectivity index (χ2n) is 6.78. The molecule has 2 N–H and O–H groups in total. The van der Waals surface area contributed by atoms with Crippen LogP contribution in [-0.4, -0.2) is 25.5 Å². The molecule has 0 spiro atoms. The van der Waals surface area contributed by atoms with Crippen LogP contribution in [0.2, 0.25) is 0 Å². The lowest BCUT2D eigenvalue weighted by Crippen LogP contribution is -2.23. The van der Waals surface area contributed by atoms with Crippen molar-refractivity contribution < 1.29 is 19.1 Å². The van der Waals surface area contributed by atoms with Crippen LogP contribution < -0.4 is 20.1 Å². The Kier molecular flexibility index (Phi) is 6.70. The second-order valence-corrected chi connectivity index (χ2v) is 6.78. The largest absolute Gasteiger partial charge is 0.495 e. The number of amides is 2. The molecule has 2 amide bonds. The average molecular weight is 404 g/mol. The van der Waals surface area contributed by atoms with Gasteiger partial charge in [0.1, 0.15) is 11.5 Å². The number of carbonyl (C=O) groups excluding carboxylic acids is 2. The lowest BCUT2D eigenvalue weighted by atomic mass is 10.1. The summed E-state index contributed by atoms with van der Waals surface area (Å²) in [6.07, 6.45) is 0. The van der Waals surface area contributed by atoms with E-state index in [9.17, 15) is 9.59 Å². The van der Waals surface area contributed by atoms with Crippen molar-refractivity contribution in [2.75, 3.05) is 24.4 Å². The van der Waals surface area contributed by atoms with E-state index >= 15 is 0 Å². The quantitative estimate of drug-likeness (QED) is 0.604. The van der Waals surface area contributed by atoms with Gasteiger partial charge in [0.25, 0.3) is 11.8 Å². The average Bonchev–Trinajstić information content (AvgIpc) is 2.75. The zero-order valence-corrected chi connectivity index (χ0v) is 17.2. The van der Waals surface area contributed by atoms with E-state index in [-0.39, 0.29) is 18.4 Å². The van der Waals surface area contributed by atoms with E-state index in [0.29, 0.717) is 28.4 Å². The number of hydrogen-bond donors (Lipinski definition) is 2. The molecule has 30 heavy (non-hydrogen) atoms. The molecule has 0 radical (unpaired) electrons. The van der Waals surface area contributed by atoms with Gasteiger partial charge in [-0.1, -0.05) is 30.3 Å². The molecule has 0 aliphatic heterocycles. The third kappa shape index (κ3) is 5.17. The maximum Gasteiger partial charge on any atom is 0.262 e. The Labute approximate surface area is 175 Å². The summed E-state index contributed by atoms with van der Waals surface area (Å²) in [5, 5.41) is 5.56. The molecule has 6 nitrogen and oxygen atoms in total. The van der Waals surface area contributed by atoms with Gasteiger partial charge in [0.05, 0.1) is 24.0 Å². The summed E-state index contributed by atoms with van der Waals surface area (Å²) in [7, 11) is 1.54. The second kappa shape index (κ2) is 9.60. The van der Waals surface area contributed by atoms with Gasteiger partial charge in [0.15, 0.2) is 6.61 Å². The van der Waals surface area contributed by atoms with Crippen molar-refractivity contribution in [1.82, 2.24) is 0 Å². The summed E-state index contributed by atoms with van der Waals surface area (Å²) in [6, 6.07) is 19.6. The van der Waals surface area contributed by atoms with Crippen molar-refractivity contribution in [3.05, 3.63) is 83.4 Å². The fraction of sp³-hybridized carbons (Fsp3) is 0.167. The molecular weight excluding hydrogens is 380 g/mol. The van der Waals surface area contributed by atoms with E-state index in [1.54, 1.807) is 42.5 Å².